The summed E-state index contributed by atoms with van der Waals surface area (Å²) in [5.41, 5.74) is 1.57. The number of aliphatic hydroxyl groups is 1. The van der Waals surface area contributed by atoms with Crippen molar-refractivity contribution < 1.29 is 9.90 Å². The first-order chi connectivity index (χ1) is 18.7. The molecule has 0 saturated heterocycles. The summed E-state index contributed by atoms with van der Waals surface area (Å²) >= 11 is 8.79. The molecule has 0 aromatic heterocycles. The number of nitrogens with zero attached hydrogens (tertiary/aromatic N) is 1. The number of thioether (sulfide) groups is 2. The van der Waals surface area contributed by atoms with Gasteiger partial charge in [0.15, 0.2) is 5.78 Å². The molecule has 1 N–H and O–H groups in total. The first kappa shape index (κ1) is 26.6. The van der Waals surface area contributed by atoms with Crippen molar-refractivity contribution >= 4 is 67.4 Å². The van der Waals surface area contributed by atoms with Crippen LogP contribution in [0, 0.1) is 17.3 Å². The van der Waals surface area contributed by atoms with Gasteiger partial charge in [0.1, 0.15) is 10.4 Å². The average Bonchev–Trinajstić information content (AvgIpc) is 2.93. The van der Waals surface area contributed by atoms with Gasteiger partial charge in [-0.05, 0) is 57.0 Å². The van der Waals surface area contributed by atoms with Gasteiger partial charge in [0.2, 0.25) is 0 Å². The summed E-state index contributed by atoms with van der Waals surface area (Å²) in [5.74, 6) is 0.320. The third-order valence-electron chi connectivity index (χ3n) is 8.45. The van der Waals surface area contributed by atoms with Crippen LogP contribution in [0.25, 0.3) is 21.5 Å². The maximum absolute atomic E-state index is 13.9. The van der Waals surface area contributed by atoms with Crippen LogP contribution in [0.3, 0.4) is 0 Å². The lowest BCUT2D eigenvalue weighted by atomic mass is 9.47. The molecular formula is C33H31NO2S3. The van der Waals surface area contributed by atoms with E-state index in [0.29, 0.717) is 0 Å². The number of hydrogen-bond acceptors (Lipinski definition) is 5. The maximum Gasteiger partial charge on any atom is 0.173 e. The van der Waals surface area contributed by atoms with Crippen LogP contribution in [0.4, 0.5) is 0 Å². The van der Waals surface area contributed by atoms with Crippen molar-refractivity contribution in [1.82, 2.24) is 4.90 Å². The summed E-state index contributed by atoms with van der Waals surface area (Å²) in [6, 6.07) is 26.6. The predicted molar refractivity (Wildman–Crippen MR) is 168 cm³/mol. The van der Waals surface area contributed by atoms with E-state index in [2.05, 4.69) is 38.1 Å². The Hall–Kier alpha value is -2.64. The molecule has 0 amide bonds. The van der Waals surface area contributed by atoms with Crippen LogP contribution in [-0.4, -0.2) is 34.2 Å². The molecule has 198 valence electrons. The van der Waals surface area contributed by atoms with Gasteiger partial charge in [-0.25, -0.2) is 0 Å². The topological polar surface area (TPSA) is 40.5 Å². The smallest absolute Gasteiger partial charge is 0.173 e. The van der Waals surface area contributed by atoms with Crippen molar-refractivity contribution in [3.05, 3.63) is 94.9 Å². The van der Waals surface area contributed by atoms with Gasteiger partial charge in [-0.3, -0.25) is 4.79 Å². The van der Waals surface area contributed by atoms with E-state index in [-0.39, 0.29) is 23.0 Å². The number of thiocarbonyl (C=S) groups is 1. The van der Waals surface area contributed by atoms with Crippen molar-refractivity contribution in [2.24, 2.45) is 17.3 Å². The molecule has 7 rings (SSSR count). The SMILES string of the molecule is CN(C)C(=S)Sc1c2ccccc2c(C(O)C2=C(Sc3ccccc3)C(=O)[C@@H]3C[C@H]2C3(C)C)c2ccccc12. The van der Waals surface area contributed by atoms with Gasteiger partial charge in [0.05, 0.1) is 4.91 Å². The highest BCUT2D eigenvalue weighted by Gasteiger charge is 2.59. The number of fused-ring (bicyclic) bond motifs is 3. The highest BCUT2D eigenvalue weighted by atomic mass is 32.2. The van der Waals surface area contributed by atoms with Crippen LogP contribution >= 0.6 is 35.7 Å². The Morgan fingerprint density at radius 2 is 1.44 bits per heavy atom. The number of allylic oxidation sites excluding steroid dienone is 1. The molecule has 0 radical (unpaired) electrons. The Kier molecular flexibility index (Phi) is 6.87. The van der Waals surface area contributed by atoms with E-state index in [1.54, 1.807) is 11.8 Å². The van der Waals surface area contributed by atoms with E-state index in [9.17, 15) is 9.90 Å². The number of benzene rings is 4. The number of aliphatic hydroxyl groups excluding tert-OH is 1. The fraction of sp³-hybridized carbons (Fsp3) is 0.273. The van der Waals surface area contributed by atoms with Gasteiger partial charge >= 0.3 is 0 Å². The lowest BCUT2D eigenvalue weighted by Gasteiger charge is -2.57. The van der Waals surface area contributed by atoms with E-state index in [0.717, 1.165) is 58.1 Å². The molecule has 3 nitrogen and oxygen atoms in total. The predicted octanol–water partition coefficient (Wildman–Crippen LogP) is 8.26. The molecule has 0 heterocycles. The fourth-order valence-corrected chi connectivity index (χ4v) is 8.57. The van der Waals surface area contributed by atoms with Crippen molar-refractivity contribution in [2.75, 3.05) is 14.1 Å². The highest BCUT2D eigenvalue weighted by Crippen LogP contribution is 2.64. The molecule has 0 spiro atoms. The fourth-order valence-electron chi connectivity index (χ4n) is 6.25. The Morgan fingerprint density at radius 3 is 1.97 bits per heavy atom. The van der Waals surface area contributed by atoms with E-state index in [4.69, 9.17) is 12.2 Å². The largest absolute Gasteiger partial charge is 0.384 e. The van der Waals surface area contributed by atoms with Crippen LogP contribution in [0.1, 0.15) is 31.9 Å². The van der Waals surface area contributed by atoms with E-state index in [1.807, 2.05) is 73.6 Å². The second-order valence-corrected chi connectivity index (χ2v) is 14.0. The summed E-state index contributed by atoms with van der Waals surface area (Å²) < 4.78 is 0.781. The molecule has 2 bridgehead atoms. The first-order valence-electron chi connectivity index (χ1n) is 13.2. The first-order valence-corrected chi connectivity index (χ1v) is 15.3. The zero-order chi connectivity index (χ0) is 27.5. The van der Waals surface area contributed by atoms with Gasteiger partial charge in [0, 0.05) is 35.4 Å². The number of rotatable bonds is 5. The zero-order valence-electron chi connectivity index (χ0n) is 22.5. The van der Waals surface area contributed by atoms with E-state index >= 15 is 0 Å². The Bertz CT molecular complexity index is 1600. The third kappa shape index (κ3) is 4.33. The van der Waals surface area contributed by atoms with Crippen molar-refractivity contribution in [3.8, 4) is 0 Å². The lowest BCUT2D eigenvalue weighted by Crippen LogP contribution is -2.54. The second kappa shape index (κ2) is 10.1. The van der Waals surface area contributed by atoms with Crippen molar-refractivity contribution in [2.45, 2.75) is 36.2 Å². The quantitative estimate of drug-likeness (QED) is 0.148. The van der Waals surface area contributed by atoms with Gasteiger partial charge in [0.25, 0.3) is 0 Å². The molecule has 1 saturated carbocycles. The van der Waals surface area contributed by atoms with Gasteiger partial charge in [-0.1, -0.05) is 116 Å². The van der Waals surface area contributed by atoms with Crippen LogP contribution in [0.2, 0.25) is 0 Å². The minimum atomic E-state index is -0.902. The monoisotopic (exact) mass is 569 g/mol. The summed E-state index contributed by atoms with van der Waals surface area (Å²) in [4.78, 5) is 18.7. The van der Waals surface area contributed by atoms with Gasteiger partial charge in [-0.15, -0.1) is 0 Å². The Balaban J connectivity index is 1.60. The number of carbonyl (C=O) groups excluding carboxylic acids is 1. The molecular weight excluding hydrogens is 539 g/mol. The Labute approximate surface area is 243 Å². The lowest BCUT2D eigenvalue weighted by molar-refractivity contribution is -0.135. The number of carbonyl (C=O) groups is 1. The number of Topliss-reactive ketones (excluding diaryl/α,β-unsaturated/α-hetero) is 1. The minimum absolute atomic E-state index is 0.00368. The summed E-state index contributed by atoms with van der Waals surface area (Å²) in [6.45, 7) is 4.36. The van der Waals surface area contributed by atoms with Crippen molar-refractivity contribution in [3.63, 3.8) is 0 Å². The Morgan fingerprint density at radius 1 is 0.897 bits per heavy atom. The zero-order valence-corrected chi connectivity index (χ0v) is 24.9. The van der Waals surface area contributed by atoms with E-state index < -0.39 is 6.10 Å². The number of hydrogen-bond donors (Lipinski definition) is 1. The molecule has 1 unspecified atom stereocenters. The van der Waals surface area contributed by atoms with Crippen LogP contribution in [0.15, 0.2) is 99.1 Å². The van der Waals surface area contributed by atoms with Crippen molar-refractivity contribution in [1.29, 1.82) is 0 Å². The molecule has 3 aliphatic rings. The molecule has 4 aromatic carbocycles. The average molecular weight is 570 g/mol. The van der Waals surface area contributed by atoms with E-state index in [1.165, 1.54) is 11.8 Å². The summed E-state index contributed by atoms with van der Waals surface area (Å²) in [5, 5.41) is 16.5. The normalized spacial score (nSPS) is 20.7. The second-order valence-electron chi connectivity index (χ2n) is 11.2. The molecule has 6 heteroatoms. The summed E-state index contributed by atoms with van der Waals surface area (Å²) in [6.07, 6.45) is -0.0989. The van der Waals surface area contributed by atoms with Crippen LogP contribution in [0.5, 0.6) is 0 Å². The standard InChI is InChI=1S/C33H31NO2S3/c1-33(2)24-18-25(33)28(35)31(38-19-12-6-5-7-13-19)27(24)29(36)26-20-14-8-10-16-22(20)30(39-32(37)34(3)4)23-17-11-9-15-21(23)26/h5-17,24-25,29,36H,18H2,1-4H3/t24-,25+,29?/m1/s1. The maximum atomic E-state index is 13.9. The summed E-state index contributed by atoms with van der Waals surface area (Å²) in [7, 11) is 3.92. The molecule has 3 atom stereocenters. The molecule has 4 aromatic rings. The number of ketones is 1. The van der Waals surface area contributed by atoms with Crippen LogP contribution in [-0.2, 0) is 4.79 Å². The molecule has 1 fully saturated rings. The molecule has 39 heavy (non-hydrogen) atoms. The molecule has 3 aliphatic carbocycles. The molecule has 0 aliphatic heterocycles. The van der Waals surface area contributed by atoms with Gasteiger partial charge in [-0.2, -0.15) is 0 Å². The third-order valence-corrected chi connectivity index (χ3v) is 11.4. The van der Waals surface area contributed by atoms with Gasteiger partial charge < -0.3 is 10.0 Å². The highest BCUT2D eigenvalue weighted by molar-refractivity contribution is 8.23. The minimum Gasteiger partial charge on any atom is -0.384 e. The van der Waals surface area contributed by atoms with Crippen LogP contribution < -0.4 is 0 Å².